The normalized spacial score (nSPS) is 16.5. The average Bonchev–Trinajstić information content (AvgIpc) is 2.10. The van der Waals surface area contributed by atoms with Gasteiger partial charge < -0.3 is 11.1 Å². The fourth-order valence-corrected chi connectivity index (χ4v) is 1.57. The summed E-state index contributed by atoms with van der Waals surface area (Å²) in [6, 6.07) is 0.156. The molecule has 0 heterocycles. The lowest BCUT2D eigenvalue weighted by Crippen LogP contribution is -2.46. The SMILES string of the molecule is CC(NC(=O)C(CN)CC(C)(C)C)C(C)(C)C. The lowest BCUT2D eigenvalue weighted by atomic mass is 9.83. The van der Waals surface area contributed by atoms with Crippen molar-refractivity contribution in [2.24, 2.45) is 22.5 Å². The molecule has 17 heavy (non-hydrogen) atoms. The lowest BCUT2D eigenvalue weighted by molar-refractivity contribution is -0.127. The fourth-order valence-electron chi connectivity index (χ4n) is 1.57. The summed E-state index contributed by atoms with van der Waals surface area (Å²) < 4.78 is 0. The molecule has 2 unspecified atom stereocenters. The summed E-state index contributed by atoms with van der Waals surface area (Å²) in [5.74, 6) is 0.00431. The van der Waals surface area contributed by atoms with E-state index >= 15 is 0 Å². The Hall–Kier alpha value is -0.570. The van der Waals surface area contributed by atoms with Gasteiger partial charge in [0.05, 0.1) is 5.92 Å². The van der Waals surface area contributed by atoms with Crippen LogP contribution in [0.1, 0.15) is 54.9 Å². The van der Waals surface area contributed by atoms with E-state index in [2.05, 4.69) is 46.9 Å². The fraction of sp³-hybridized carbons (Fsp3) is 0.929. The predicted octanol–water partition coefficient (Wildman–Crippen LogP) is 2.55. The van der Waals surface area contributed by atoms with Gasteiger partial charge in [0.15, 0.2) is 0 Å². The summed E-state index contributed by atoms with van der Waals surface area (Å²) in [4.78, 5) is 12.1. The lowest BCUT2D eigenvalue weighted by Gasteiger charge is -2.31. The molecule has 3 heteroatoms. The summed E-state index contributed by atoms with van der Waals surface area (Å²) in [5.41, 5.74) is 5.92. The van der Waals surface area contributed by atoms with E-state index in [4.69, 9.17) is 5.73 Å². The number of carbonyl (C=O) groups excluding carboxylic acids is 1. The van der Waals surface area contributed by atoms with Crippen LogP contribution in [0.15, 0.2) is 0 Å². The minimum absolute atomic E-state index is 0.0799. The van der Waals surface area contributed by atoms with Gasteiger partial charge in [0.25, 0.3) is 0 Å². The van der Waals surface area contributed by atoms with Crippen molar-refractivity contribution in [1.82, 2.24) is 5.32 Å². The van der Waals surface area contributed by atoms with E-state index < -0.39 is 0 Å². The Bertz CT molecular complexity index is 248. The Kier molecular flexibility index (Phi) is 5.66. The summed E-state index contributed by atoms with van der Waals surface area (Å²) >= 11 is 0. The van der Waals surface area contributed by atoms with Gasteiger partial charge in [-0.2, -0.15) is 0 Å². The van der Waals surface area contributed by atoms with Crippen LogP contribution in [-0.4, -0.2) is 18.5 Å². The second-order valence-corrected chi connectivity index (χ2v) is 7.29. The van der Waals surface area contributed by atoms with E-state index in [0.717, 1.165) is 6.42 Å². The zero-order valence-electron chi connectivity index (χ0n) is 12.6. The van der Waals surface area contributed by atoms with Crippen LogP contribution >= 0.6 is 0 Å². The smallest absolute Gasteiger partial charge is 0.224 e. The predicted molar refractivity (Wildman–Crippen MR) is 73.7 cm³/mol. The maximum Gasteiger partial charge on any atom is 0.224 e. The van der Waals surface area contributed by atoms with E-state index in [1.165, 1.54) is 0 Å². The van der Waals surface area contributed by atoms with Gasteiger partial charge in [-0.05, 0) is 24.2 Å². The third-order valence-electron chi connectivity index (χ3n) is 3.17. The highest BCUT2D eigenvalue weighted by atomic mass is 16.1. The molecule has 0 spiro atoms. The Morgan fingerprint density at radius 3 is 1.94 bits per heavy atom. The standard InChI is InChI=1S/C14H30N2O/c1-10(14(5,6)7)16-12(17)11(9-15)8-13(2,3)4/h10-11H,8-9,15H2,1-7H3,(H,16,17). The van der Waals surface area contributed by atoms with Crippen LogP contribution in [0.3, 0.4) is 0 Å². The number of amides is 1. The highest BCUT2D eigenvalue weighted by Gasteiger charge is 2.27. The molecule has 0 aliphatic rings. The van der Waals surface area contributed by atoms with Crippen molar-refractivity contribution >= 4 is 5.91 Å². The first-order chi connectivity index (χ1) is 7.47. The van der Waals surface area contributed by atoms with Crippen molar-refractivity contribution in [3.05, 3.63) is 0 Å². The molecule has 0 aliphatic heterocycles. The first-order valence-electron chi connectivity index (χ1n) is 6.48. The molecule has 102 valence electrons. The number of nitrogens with one attached hydrogen (secondary N) is 1. The quantitative estimate of drug-likeness (QED) is 0.796. The third-order valence-corrected chi connectivity index (χ3v) is 3.17. The van der Waals surface area contributed by atoms with E-state index in [-0.39, 0.29) is 28.7 Å². The molecular weight excluding hydrogens is 212 g/mol. The van der Waals surface area contributed by atoms with E-state index in [1.54, 1.807) is 0 Å². The largest absolute Gasteiger partial charge is 0.353 e. The van der Waals surface area contributed by atoms with Crippen LogP contribution in [0.5, 0.6) is 0 Å². The van der Waals surface area contributed by atoms with Crippen molar-refractivity contribution in [3.63, 3.8) is 0 Å². The molecule has 0 rings (SSSR count). The monoisotopic (exact) mass is 242 g/mol. The molecule has 3 N–H and O–H groups in total. The van der Waals surface area contributed by atoms with Crippen LogP contribution in [0.4, 0.5) is 0 Å². The van der Waals surface area contributed by atoms with E-state index in [1.807, 2.05) is 6.92 Å². The van der Waals surface area contributed by atoms with Gasteiger partial charge in [-0.1, -0.05) is 41.5 Å². The molecule has 0 bridgehead atoms. The van der Waals surface area contributed by atoms with Gasteiger partial charge in [-0.15, -0.1) is 0 Å². The van der Waals surface area contributed by atoms with E-state index in [0.29, 0.717) is 6.54 Å². The first kappa shape index (κ1) is 16.4. The van der Waals surface area contributed by atoms with Crippen molar-refractivity contribution in [3.8, 4) is 0 Å². The van der Waals surface area contributed by atoms with Crippen LogP contribution in [-0.2, 0) is 4.79 Å². The number of hydrogen-bond donors (Lipinski definition) is 2. The molecule has 0 radical (unpaired) electrons. The number of rotatable bonds is 4. The molecule has 0 aromatic rings. The Balaban J connectivity index is 4.47. The van der Waals surface area contributed by atoms with Crippen LogP contribution in [0.2, 0.25) is 0 Å². The molecule has 0 saturated heterocycles. The Morgan fingerprint density at radius 2 is 1.65 bits per heavy atom. The van der Waals surface area contributed by atoms with Gasteiger partial charge in [-0.3, -0.25) is 4.79 Å². The number of hydrogen-bond acceptors (Lipinski definition) is 2. The highest BCUT2D eigenvalue weighted by Crippen LogP contribution is 2.25. The molecule has 0 aromatic heterocycles. The van der Waals surface area contributed by atoms with E-state index in [9.17, 15) is 4.79 Å². The van der Waals surface area contributed by atoms with Crippen molar-refractivity contribution in [2.75, 3.05) is 6.54 Å². The van der Waals surface area contributed by atoms with Gasteiger partial charge >= 0.3 is 0 Å². The highest BCUT2D eigenvalue weighted by molar-refractivity contribution is 5.79. The summed E-state index contributed by atoms with van der Waals surface area (Å²) in [6.45, 7) is 15.2. The second kappa shape index (κ2) is 5.85. The third kappa shape index (κ3) is 6.67. The minimum Gasteiger partial charge on any atom is -0.353 e. The molecule has 0 saturated carbocycles. The summed E-state index contributed by atoms with van der Waals surface area (Å²) in [6.07, 6.45) is 0.826. The van der Waals surface area contributed by atoms with Crippen LogP contribution in [0.25, 0.3) is 0 Å². The zero-order chi connectivity index (χ0) is 13.9. The second-order valence-electron chi connectivity index (χ2n) is 7.29. The maximum absolute atomic E-state index is 12.1. The van der Waals surface area contributed by atoms with Gasteiger partial charge in [0.1, 0.15) is 0 Å². The molecular formula is C14H30N2O. The first-order valence-corrected chi connectivity index (χ1v) is 6.48. The minimum atomic E-state index is -0.0835. The van der Waals surface area contributed by atoms with Crippen molar-refractivity contribution in [2.45, 2.75) is 60.9 Å². The van der Waals surface area contributed by atoms with Crippen LogP contribution < -0.4 is 11.1 Å². The maximum atomic E-state index is 12.1. The average molecular weight is 242 g/mol. The topological polar surface area (TPSA) is 55.1 Å². The van der Waals surface area contributed by atoms with Gasteiger partial charge in [0, 0.05) is 12.6 Å². The number of nitrogens with two attached hydrogens (primary N) is 1. The van der Waals surface area contributed by atoms with Crippen molar-refractivity contribution < 1.29 is 4.79 Å². The van der Waals surface area contributed by atoms with Crippen molar-refractivity contribution in [1.29, 1.82) is 0 Å². The Labute approximate surface area is 107 Å². The summed E-state index contributed by atoms with van der Waals surface area (Å²) in [5, 5.41) is 3.07. The zero-order valence-corrected chi connectivity index (χ0v) is 12.6. The number of carbonyl (C=O) groups is 1. The summed E-state index contributed by atoms with van der Waals surface area (Å²) in [7, 11) is 0. The molecule has 3 nitrogen and oxygen atoms in total. The van der Waals surface area contributed by atoms with Gasteiger partial charge in [-0.25, -0.2) is 0 Å². The molecule has 1 amide bonds. The van der Waals surface area contributed by atoms with Crippen LogP contribution in [0, 0.1) is 16.7 Å². The van der Waals surface area contributed by atoms with Gasteiger partial charge in [0.2, 0.25) is 5.91 Å². The Morgan fingerprint density at radius 1 is 1.18 bits per heavy atom. The molecule has 0 aromatic carbocycles. The molecule has 2 atom stereocenters. The molecule has 0 aliphatic carbocycles. The molecule has 0 fully saturated rings.